The highest BCUT2D eigenvalue weighted by Crippen LogP contribution is 2.35. The molecule has 0 aliphatic carbocycles. The van der Waals surface area contributed by atoms with Crippen LogP contribution in [0.2, 0.25) is 0 Å². The van der Waals surface area contributed by atoms with Gasteiger partial charge in [-0.1, -0.05) is 26.8 Å². The van der Waals surface area contributed by atoms with Crippen molar-refractivity contribution in [2.45, 2.75) is 39.7 Å². The van der Waals surface area contributed by atoms with Crippen LogP contribution in [-0.2, 0) is 4.74 Å². The Morgan fingerprint density at radius 2 is 2.17 bits per heavy atom. The molecule has 0 aromatic rings. The lowest BCUT2D eigenvalue weighted by Crippen LogP contribution is -2.20. The maximum absolute atomic E-state index is 5.66. The molecule has 1 rings (SSSR count). The number of hydrogen-bond donors (Lipinski definition) is 0. The zero-order valence-electron chi connectivity index (χ0n) is 8.47. The van der Waals surface area contributed by atoms with Gasteiger partial charge in [-0.2, -0.15) is 0 Å². The van der Waals surface area contributed by atoms with Gasteiger partial charge in [0.15, 0.2) is 0 Å². The molecular formula is C11H20O. The van der Waals surface area contributed by atoms with E-state index in [1.165, 1.54) is 6.42 Å². The summed E-state index contributed by atoms with van der Waals surface area (Å²) in [6.07, 6.45) is 4.60. The molecule has 0 N–H and O–H groups in total. The van der Waals surface area contributed by atoms with Crippen LogP contribution in [0.25, 0.3) is 0 Å². The Hall–Kier alpha value is -0.300. The van der Waals surface area contributed by atoms with Crippen molar-refractivity contribution in [2.75, 3.05) is 6.61 Å². The highest BCUT2D eigenvalue weighted by atomic mass is 16.5. The molecule has 0 unspecified atom stereocenters. The van der Waals surface area contributed by atoms with E-state index in [0.29, 0.717) is 11.5 Å². The minimum atomic E-state index is 0.399. The van der Waals surface area contributed by atoms with E-state index in [1.54, 1.807) is 0 Å². The van der Waals surface area contributed by atoms with Crippen LogP contribution in [-0.4, -0.2) is 12.7 Å². The normalized spacial score (nSPS) is 30.6. The van der Waals surface area contributed by atoms with Crippen molar-refractivity contribution in [3.63, 3.8) is 0 Å². The fourth-order valence-corrected chi connectivity index (χ4v) is 1.66. The van der Waals surface area contributed by atoms with Gasteiger partial charge < -0.3 is 4.74 Å². The molecule has 1 fully saturated rings. The summed E-state index contributed by atoms with van der Waals surface area (Å²) < 4.78 is 5.66. The Morgan fingerprint density at radius 1 is 1.50 bits per heavy atom. The number of rotatable bonds is 2. The van der Waals surface area contributed by atoms with Crippen LogP contribution in [0.15, 0.2) is 12.7 Å². The van der Waals surface area contributed by atoms with Crippen molar-refractivity contribution in [3.05, 3.63) is 12.7 Å². The first-order valence-electron chi connectivity index (χ1n) is 4.76. The van der Waals surface area contributed by atoms with Crippen LogP contribution >= 0.6 is 0 Å². The Bertz CT molecular complexity index is 155. The lowest BCUT2D eigenvalue weighted by molar-refractivity contribution is 0.0987. The molecule has 0 spiro atoms. The molecular weight excluding hydrogens is 148 g/mol. The van der Waals surface area contributed by atoms with Crippen molar-refractivity contribution in [3.8, 4) is 0 Å². The number of ether oxygens (including phenoxy) is 1. The number of hydrogen-bond acceptors (Lipinski definition) is 1. The summed E-state index contributed by atoms with van der Waals surface area (Å²) in [4.78, 5) is 0. The van der Waals surface area contributed by atoms with Crippen LogP contribution < -0.4 is 0 Å². The Labute approximate surface area is 75.8 Å². The van der Waals surface area contributed by atoms with Crippen LogP contribution in [0, 0.1) is 11.3 Å². The van der Waals surface area contributed by atoms with Crippen LogP contribution in [0.3, 0.4) is 0 Å². The second-order valence-electron chi connectivity index (χ2n) is 4.78. The quantitative estimate of drug-likeness (QED) is 0.576. The van der Waals surface area contributed by atoms with Crippen molar-refractivity contribution >= 4 is 0 Å². The lowest BCUT2D eigenvalue weighted by Gasteiger charge is -2.25. The molecule has 0 aromatic heterocycles. The van der Waals surface area contributed by atoms with E-state index in [4.69, 9.17) is 4.74 Å². The molecule has 0 bridgehead atoms. The highest BCUT2D eigenvalue weighted by molar-refractivity contribution is 4.85. The van der Waals surface area contributed by atoms with Gasteiger partial charge in [-0.05, 0) is 24.2 Å². The average molecular weight is 168 g/mol. The second-order valence-corrected chi connectivity index (χ2v) is 4.78. The Morgan fingerprint density at radius 3 is 2.58 bits per heavy atom. The smallest absolute Gasteiger partial charge is 0.0613 e. The van der Waals surface area contributed by atoms with Gasteiger partial charge in [0.25, 0.3) is 0 Å². The van der Waals surface area contributed by atoms with Crippen molar-refractivity contribution in [1.82, 2.24) is 0 Å². The first kappa shape index (κ1) is 9.79. The van der Waals surface area contributed by atoms with Gasteiger partial charge in [-0.25, -0.2) is 0 Å². The van der Waals surface area contributed by atoms with Gasteiger partial charge in [0.2, 0.25) is 0 Å². The molecule has 1 nitrogen and oxygen atoms in total. The molecule has 1 aliphatic heterocycles. The predicted molar refractivity (Wildman–Crippen MR) is 52.1 cm³/mol. The SMILES string of the molecule is C=CC[C@H]1C[C@H](C(C)(C)C)CO1. The summed E-state index contributed by atoms with van der Waals surface area (Å²) in [6, 6.07) is 0. The first-order chi connectivity index (χ1) is 5.54. The molecule has 0 saturated carbocycles. The van der Waals surface area contributed by atoms with Gasteiger partial charge in [-0.15, -0.1) is 6.58 Å². The Kier molecular flexibility index (Phi) is 2.94. The van der Waals surface area contributed by atoms with Crippen LogP contribution in [0.1, 0.15) is 33.6 Å². The topological polar surface area (TPSA) is 9.23 Å². The molecule has 12 heavy (non-hydrogen) atoms. The van der Waals surface area contributed by atoms with E-state index in [1.807, 2.05) is 6.08 Å². The summed E-state index contributed by atoms with van der Waals surface area (Å²) in [5.74, 6) is 0.724. The standard InChI is InChI=1S/C11H20O/c1-5-6-10-7-9(8-12-10)11(2,3)4/h5,9-10H,1,6-8H2,2-4H3/t9-,10-/m0/s1. The van der Waals surface area contributed by atoms with E-state index >= 15 is 0 Å². The molecule has 1 heterocycles. The predicted octanol–water partition coefficient (Wildman–Crippen LogP) is 3.01. The van der Waals surface area contributed by atoms with E-state index in [9.17, 15) is 0 Å². The fraction of sp³-hybridized carbons (Fsp3) is 0.818. The minimum absolute atomic E-state index is 0.399. The maximum Gasteiger partial charge on any atom is 0.0613 e. The molecule has 1 saturated heterocycles. The first-order valence-corrected chi connectivity index (χ1v) is 4.76. The van der Waals surface area contributed by atoms with E-state index in [0.717, 1.165) is 18.9 Å². The Balaban J connectivity index is 2.40. The van der Waals surface area contributed by atoms with Gasteiger partial charge in [0, 0.05) is 0 Å². The summed E-state index contributed by atoms with van der Waals surface area (Å²) in [7, 11) is 0. The van der Waals surface area contributed by atoms with Gasteiger partial charge in [0.1, 0.15) is 0 Å². The molecule has 70 valence electrons. The van der Waals surface area contributed by atoms with Crippen molar-refractivity contribution < 1.29 is 4.74 Å². The van der Waals surface area contributed by atoms with Crippen LogP contribution in [0.5, 0.6) is 0 Å². The molecule has 0 aromatic carbocycles. The zero-order valence-corrected chi connectivity index (χ0v) is 8.47. The molecule has 2 atom stereocenters. The maximum atomic E-state index is 5.66. The van der Waals surface area contributed by atoms with E-state index in [2.05, 4.69) is 27.4 Å². The molecule has 0 radical (unpaired) electrons. The van der Waals surface area contributed by atoms with Gasteiger partial charge in [0.05, 0.1) is 12.7 Å². The van der Waals surface area contributed by atoms with Crippen molar-refractivity contribution in [2.24, 2.45) is 11.3 Å². The highest BCUT2D eigenvalue weighted by Gasteiger charge is 2.32. The third-order valence-corrected chi connectivity index (χ3v) is 2.73. The zero-order chi connectivity index (χ0) is 9.19. The monoisotopic (exact) mass is 168 g/mol. The van der Waals surface area contributed by atoms with Crippen molar-refractivity contribution in [1.29, 1.82) is 0 Å². The fourth-order valence-electron chi connectivity index (χ4n) is 1.66. The molecule has 0 amide bonds. The van der Waals surface area contributed by atoms with Crippen LogP contribution in [0.4, 0.5) is 0 Å². The lowest BCUT2D eigenvalue weighted by atomic mass is 9.79. The summed E-state index contributed by atoms with van der Waals surface area (Å²) >= 11 is 0. The van der Waals surface area contributed by atoms with E-state index in [-0.39, 0.29) is 0 Å². The largest absolute Gasteiger partial charge is 0.378 e. The summed E-state index contributed by atoms with van der Waals surface area (Å²) in [5, 5.41) is 0. The summed E-state index contributed by atoms with van der Waals surface area (Å²) in [6.45, 7) is 11.5. The molecule has 1 aliphatic rings. The minimum Gasteiger partial charge on any atom is -0.378 e. The second kappa shape index (κ2) is 3.61. The average Bonchev–Trinajstić information content (AvgIpc) is 2.35. The third-order valence-electron chi connectivity index (χ3n) is 2.73. The van der Waals surface area contributed by atoms with Gasteiger partial charge in [-0.3, -0.25) is 0 Å². The van der Waals surface area contributed by atoms with E-state index < -0.39 is 0 Å². The molecule has 1 heteroatoms. The third kappa shape index (κ3) is 2.34. The van der Waals surface area contributed by atoms with Gasteiger partial charge >= 0.3 is 0 Å². The summed E-state index contributed by atoms with van der Waals surface area (Å²) in [5.41, 5.74) is 0.399.